The normalized spacial score (nSPS) is 16.1. The number of alkyl halides is 1. The van der Waals surface area contributed by atoms with Gasteiger partial charge in [-0.05, 0) is 42.9 Å². The van der Waals surface area contributed by atoms with Gasteiger partial charge in [-0.25, -0.2) is 0 Å². The van der Waals surface area contributed by atoms with Crippen molar-refractivity contribution in [2.24, 2.45) is 5.41 Å². The summed E-state index contributed by atoms with van der Waals surface area (Å²) in [6.07, 6.45) is 6.83. The van der Waals surface area contributed by atoms with E-state index in [1.165, 1.54) is 12.8 Å². The van der Waals surface area contributed by atoms with Crippen LogP contribution in [0.2, 0.25) is 0 Å². The number of benzene rings is 1. The number of rotatable bonds is 5. The largest absolute Gasteiger partial charge is 0.351 e. The predicted octanol–water partition coefficient (Wildman–Crippen LogP) is 2.92. The maximum absolute atomic E-state index is 12.2. The molecular formula is C15H16BrN3O. The first kappa shape index (κ1) is 13.5. The van der Waals surface area contributed by atoms with Crippen LogP contribution in [0.5, 0.6) is 0 Å². The number of hydrogen-bond donors (Lipinski definition) is 1. The van der Waals surface area contributed by atoms with Gasteiger partial charge in [0.05, 0.1) is 11.0 Å². The quantitative estimate of drug-likeness (QED) is 0.856. The molecule has 1 aliphatic rings. The van der Waals surface area contributed by atoms with E-state index >= 15 is 0 Å². The van der Waals surface area contributed by atoms with Gasteiger partial charge in [0.15, 0.2) is 0 Å². The first-order valence-electron chi connectivity index (χ1n) is 6.77. The second-order valence-electron chi connectivity index (χ2n) is 5.38. The van der Waals surface area contributed by atoms with Gasteiger partial charge in [0.2, 0.25) is 0 Å². The number of nitrogens with zero attached hydrogens (tertiary/aromatic N) is 2. The number of hydrogen-bond acceptors (Lipinski definition) is 3. The van der Waals surface area contributed by atoms with E-state index in [4.69, 9.17) is 0 Å². The maximum Gasteiger partial charge on any atom is 0.251 e. The van der Waals surface area contributed by atoms with Crippen molar-refractivity contribution in [3.63, 3.8) is 0 Å². The van der Waals surface area contributed by atoms with E-state index in [0.29, 0.717) is 11.0 Å². The number of amides is 1. The summed E-state index contributed by atoms with van der Waals surface area (Å²) in [5.41, 5.74) is 2.53. The van der Waals surface area contributed by atoms with E-state index in [0.717, 1.165) is 29.3 Å². The second kappa shape index (κ2) is 5.48. The Morgan fingerprint density at radius 3 is 2.70 bits per heavy atom. The zero-order valence-electron chi connectivity index (χ0n) is 11.1. The summed E-state index contributed by atoms with van der Waals surface area (Å²) in [6.45, 7) is 0.760. The summed E-state index contributed by atoms with van der Waals surface area (Å²) in [4.78, 5) is 20.6. The summed E-state index contributed by atoms with van der Waals surface area (Å²) >= 11 is 3.48. The molecule has 0 spiro atoms. The van der Waals surface area contributed by atoms with Gasteiger partial charge in [0.1, 0.15) is 0 Å². The van der Waals surface area contributed by atoms with Crippen LogP contribution in [0.3, 0.4) is 0 Å². The van der Waals surface area contributed by atoms with Crippen LogP contribution >= 0.6 is 15.9 Å². The van der Waals surface area contributed by atoms with Crippen molar-refractivity contribution in [1.29, 1.82) is 0 Å². The van der Waals surface area contributed by atoms with Crippen molar-refractivity contribution < 1.29 is 4.79 Å². The lowest BCUT2D eigenvalue weighted by Gasteiger charge is -2.14. The Kier molecular flexibility index (Phi) is 3.70. The molecule has 5 heteroatoms. The van der Waals surface area contributed by atoms with E-state index in [-0.39, 0.29) is 5.91 Å². The van der Waals surface area contributed by atoms with Crippen molar-refractivity contribution in [2.45, 2.75) is 19.3 Å². The highest BCUT2D eigenvalue weighted by Gasteiger charge is 2.41. The Labute approximate surface area is 126 Å². The Morgan fingerprint density at radius 2 is 2.00 bits per heavy atom. The van der Waals surface area contributed by atoms with E-state index in [2.05, 4.69) is 31.2 Å². The van der Waals surface area contributed by atoms with Crippen LogP contribution in [-0.2, 0) is 0 Å². The van der Waals surface area contributed by atoms with Crippen molar-refractivity contribution in [3.05, 3.63) is 36.2 Å². The molecule has 1 N–H and O–H groups in total. The van der Waals surface area contributed by atoms with E-state index < -0.39 is 0 Å². The number of carbonyl (C=O) groups is 1. The van der Waals surface area contributed by atoms with Crippen LogP contribution in [-0.4, -0.2) is 27.7 Å². The molecule has 20 heavy (non-hydrogen) atoms. The van der Waals surface area contributed by atoms with Crippen molar-refractivity contribution in [2.75, 3.05) is 11.9 Å². The molecule has 2 aromatic rings. The number of fused-ring (bicyclic) bond motifs is 1. The second-order valence-corrected chi connectivity index (χ2v) is 6.17. The summed E-state index contributed by atoms with van der Waals surface area (Å²) in [5.74, 6) is -0.0293. The molecule has 1 heterocycles. The van der Waals surface area contributed by atoms with E-state index in [1.54, 1.807) is 24.5 Å². The highest BCUT2D eigenvalue weighted by Crippen LogP contribution is 2.48. The predicted molar refractivity (Wildman–Crippen MR) is 81.9 cm³/mol. The lowest BCUT2D eigenvalue weighted by atomic mass is 10.0. The molecule has 0 radical (unpaired) electrons. The fourth-order valence-corrected chi connectivity index (χ4v) is 3.21. The monoisotopic (exact) mass is 333 g/mol. The van der Waals surface area contributed by atoms with Crippen molar-refractivity contribution >= 4 is 32.9 Å². The molecule has 0 atom stereocenters. The van der Waals surface area contributed by atoms with Crippen LogP contribution in [0.1, 0.15) is 29.6 Å². The van der Waals surface area contributed by atoms with Gasteiger partial charge in [0, 0.05) is 29.8 Å². The fourth-order valence-electron chi connectivity index (χ4n) is 2.37. The highest BCUT2D eigenvalue weighted by molar-refractivity contribution is 9.09. The molecule has 1 aliphatic carbocycles. The number of halogens is 1. The van der Waals surface area contributed by atoms with E-state index in [1.807, 2.05) is 6.07 Å². The van der Waals surface area contributed by atoms with Gasteiger partial charge in [-0.1, -0.05) is 15.9 Å². The van der Waals surface area contributed by atoms with E-state index in [9.17, 15) is 4.79 Å². The minimum Gasteiger partial charge on any atom is -0.351 e. The number of nitrogens with one attached hydrogen (secondary N) is 1. The molecule has 1 saturated carbocycles. The van der Waals surface area contributed by atoms with Crippen LogP contribution < -0.4 is 5.32 Å². The van der Waals surface area contributed by atoms with Crippen LogP contribution in [0.4, 0.5) is 0 Å². The first-order chi connectivity index (χ1) is 9.72. The highest BCUT2D eigenvalue weighted by atomic mass is 79.9. The fraction of sp³-hybridized carbons (Fsp3) is 0.400. The number of carbonyl (C=O) groups excluding carboxylic acids is 1. The molecule has 4 nitrogen and oxygen atoms in total. The molecule has 3 rings (SSSR count). The summed E-state index contributed by atoms with van der Waals surface area (Å²) in [6, 6.07) is 5.43. The molecule has 0 aliphatic heterocycles. The average Bonchev–Trinajstić information content (AvgIpc) is 3.25. The Morgan fingerprint density at radius 1 is 1.25 bits per heavy atom. The summed E-state index contributed by atoms with van der Waals surface area (Å²) < 4.78 is 0. The molecular weight excluding hydrogens is 318 g/mol. The van der Waals surface area contributed by atoms with Gasteiger partial charge in [-0.2, -0.15) is 0 Å². The topological polar surface area (TPSA) is 54.9 Å². The molecule has 0 unspecified atom stereocenters. The zero-order chi connectivity index (χ0) is 14.0. The third kappa shape index (κ3) is 2.82. The summed E-state index contributed by atoms with van der Waals surface area (Å²) in [7, 11) is 0. The van der Waals surface area contributed by atoms with Gasteiger partial charge >= 0.3 is 0 Å². The average molecular weight is 334 g/mol. The van der Waals surface area contributed by atoms with Gasteiger partial charge in [0.25, 0.3) is 5.91 Å². The van der Waals surface area contributed by atoms with Crippen LogP contribution in [0.25, 0.3) is 11.0 Å². The SMILES string of the molecule is O=C(NCC1(CCBr)CC1)c1ccc2nccnc2c1. The molecule has 0 saturated heterocycles. The minimum atomic E-state index is -0.0293. The third-order valence-electron chi connectivity index (χ3n) is 3.94. The van der Waals surface area contributed by atoms with Gasteiger partial charge < -0.3 is 5.32 Å². The zero-order valence-corrected chi connectivity index (χ0v) is 12.7. The van der Waals surface area contributed by atoms with Crippen molar-refractivity contribution in [1.82, 2.24) is 15.3 Å². The Hall–Kier alpha value is -1.49. The summed E-state index contributed by atoms with van der Waals surface area (Å²) in [5, 5.41) is 4.04. The van der Waals surface area contributed by atoms with Crippen LogP contribution in [0, 0.1) is 5.41 Å². The molecule has 1 aromatic carbocycles. The Bertz CT molecular complexity index is 640. The van der Waals surface area contributed by atoms with Gasteiger partial charge in [-0.15, -0.1) is 0 Å². The van der Waals surface area contributed by atoms with Crippen LogP contribution in [0.15, 0.2) is 30.6 Å². The molecule has 1 amide bonds. The minimum absolute atomic E-state index is 0.0293. The lowest BCUT2D eigenvalue weighted by Crippen LogP contribution is -2.30. The Balaban J connectivity index is 1.69. The van der Waals surface area contributed by atoms with Crippen molar-refractivity contribution in [3.8, 4) is 0 Å². The molecule has 1 aromatic heterocycles. The molecule has 104 valence electrons. The number of aromatic nitrogens is 2. The first-order valence-corrected chi connectivity index (χ1v) is 7.90. The molecule has 1 fully saturated rings. The van der Waals surface area contributed by atoms with Gasteiger partial charge in [-0.3, -0.25) is 14.8 Å². The third-order valence-corrected chi connectivity index (χ3v) is 4.33. The standard InChI is InChI=1S/C15H16BrN3O/c16-6-5-15(3-4-15)10-19-14(20)11-1-2-12-13(9-11)18-8-7-17-12/h1-2,7-9H,3-6,10H2,(H,19,20). The maximum atomic E-state index is 12.2. The smallest absolute Gasteiger partial charge is 0.251 e. The lowest BCUT2D eigenvalue weighted by molar-refractivity contribution is 0.0944. The molecule has 0 bridgehead atoms.